The summed E-state index contributed by atoms with van der Waals surface area (Å²) in [6, 6.07) is 32.7. The Labute approximate surface area is 263 Å². The summed E-state index contributed by atoms with van der Waals surface area (Å²) in [7, 11) is 0. The van der Waals surface area contributed by atoms with Gasteiger partial charge in [0.25, 0.3) is 0 Å². The molecule has 0 saturated carbocycles. The number of alkyl halides is 3. The minimum atomic E-state index is -4.51. The van der Waals surface area contributed by atoms with E-state index < -0.39 is 11.7 Å². The van der Waals surface area contributed by atoms with Crippen molar-refractivity contribution in [2.24, 2.45) is 0 Å². The van der Waals surface area contributed by atoms with Crippen LogP contribution in [0.1, 0.15) is 40.2 Å². The van der Waals surface area contributed by atoms with E-state index in [1.165, 1.54) is 11.6 Å². The molecule has 5 rings (SSSR count). The lowest BCUT2D eigenvalue weighted by Crippen LogP contribution is -2.35. The lowest BCUT2D eigenvalue weighted by molar-refractivity contribution is -0.137. The first-order valence-electron chi connectivity index (χ1n) is 15.1. The molecular weight excluding hydrogens is 585 g/mol. The van der Waals surface area contributed by atoms with Gasteiger partial charge in [0.2, 0.25) is 0 Å². The summed E-state index contributed by atoms with van der Waals surface area (Å²) in [5.74, 6) is 0.830. The van der Waals surface area contributed by atoms with Gasteiger partial charge in [0.05, 0.1) is 30.4 Å². The molecule has 0 aromatic heterocycles. The Morgan fingerprint density at radius 1 is 0.818 bits per heavy atom. The molecule has 232 valence electrons. The topological polar surface area (TPSA) is 24.9 Å². The van der Waals surface area contributed by atoms with Crippen LogP contribution in [0.2, 0.25) is 5.02 Å². The Kier molecular flexibility index (Phi) is 11.3. The largest absolute Gasteiger partial charge is 0.494 e. The fraction of sp³-hybridized carbons (Fsp3) is 0.333. The average Bonchev–Trinajstić information content (AvgIpc) is 3.04. The molecule has 4 nitrogen and oxygen atoms in total. The Bertz CT molecular complexity index is 1390. The minimum absolute atomic E-state index is 0.0295. The number of benzene rings is 4. The summed E-state index contributed by atoms with van der Waals surface area (Å²) in [5.41, 5.74) is 3.17. The monoisotopic (exact) mass is 622 g/mol. The maximum atomic E-state index is 13.6. The molecule has 0 spiro atoms. The molecule has 1 fully saturated rings. The van der Waals surface area contributed by atoms with Gasteiger partial charge in [0, 0.05) is 45.2 Å². The third kappa shape index (κ3) is 9.08. The van der Waals surface area contributed by atoms with Crippen molar-refractivity contribution >= 4 is 11.6 Å². The number of hydrogen-bond acceptors (Lipinski definition) is 4. The predicted molar refractivity (Wildman–Crippen MR) is 169 cm³/mol. The smallest absolute Gasteiger partial charge is 0.417 e. The van der Waals surface area contributed by atoms with E-state index in [2.05, 4.69) is 46.2 Å². The van der Waals surface area contributed by atoms with Crippen LogP contribution >= 0.6 is 11.6 Å². The molecular formula is C36H38ClF3N2O2. The summed E-state index contributed by atoms with van der Waals surface area (Å²) >= 11 is 6.34. The highest BCUT2D eigenvalue weighted by molar-refractivity contribution is 6.32. The van der Waals surface area contributed by atoms with E-state index in [-0.39, 0.29) is 17.5 Å². The first-order valence-corrected chi connectivity index (χ1v) is 15.4. The van der Waals surface area contributed by atoms with Crippen molar-refractivity contribution in [2.75, 3.05) is 46.0 Å². The van der Waals surface area contributed by atoms with Gasteiger partial charge in [0.1, 0.15) is 5.75 Å². The van der Waals surface area contributed by atoms with Crippen molar-refractivity contribution in [3.63, 3.8) is 0 Å². The summed E-state index contributed by atoms with van der Waals surface area (Å²) < 4.78 is 52.5. The molecule has 1 heterocycles. The number of rotatable bonds is 13. The molecule has 4 aromatic carbocycles. The molecule has 44 heavy (non-hydrogen) atoms. The normalized spacial score (nSPS) is 14.3. The van der Waals surface area contributed by atoms with E-state index in [0.717, 1.165) is 55.8 Å². The molecule has 0 atom stereocenters. The van der Waals surface area contributed by atoms with Crippen molar-refractivity contribution < 1.29 is 22.6 Å². The Morgan fingerprint density at radius 3 is 2.07 bits per heavy atom. The van der Waals surface area contributed by atoms with Crippen molar-refractivity contribution in [1.29, 1.82) is 0 Å². The summed E-state index contributed by atoms with van der Waals surface area (Å²) in [6.45, 7) is 6.32. The van der Waals surface area contributed by atoms with Crippen LogP contribution in [-0.2, 0) is 24.0 Å². The fourth-order valence-corrected chi connectivity index (χ4v) is 5.91. The predicted octanol–water partition coefficient (Wildman–Crippen LogP) is 8.29. The van der Waals surface area contributed by atoms with E-state index in [0.29, 0.717) is 31.7 Å². The molecule has 0 amide bonds. The molecule has 0 N–H and O–H groups in total. The van der Waals surface area contributed by atoms with Crippen LogP contribution < -0.4 is 4.74 Å². The summed E-state index contributed by atoms with van der Waals surface area (Å²) in [6.07, 6.45) is -3.82. The number of halogens is 4. The zero-order chi connectivity index (χ0) is 30.8. The fourth-order valence-electron chi connectivity index (χ4n) is 5.62. The summed E-state index contributed by atoms with van der Waals surface area (Å²) in [5, 5.41) is -0.241. The molecule has 4 aromatic rings. The van der Waals surface area contributed by atoms with E-state index >= 15 is 0 Å². The number of hydrogen-bond donors (Lipinski definition) is 0. The number of ether oxygens (including phenoxy) is 2. The maximum Gasteiger partial charge on any atom is 0.417 e. The second-order valence-corrected chi connectivity index (χ2v) is 11.5. The van der Waals surface area contributed by atoms with Crippen molar-refractivity contribution in [2.45, 2.75) is 31.6 Å². The van der Waals surface area contributed by atoms with Gasteiger partial charge in [-0.3, -0.25) is 9.80 Å². The van der Waals surface area contributed by atoms with Crippen LogP contribution in [0, 0.1) is 0 Å². The number of morpholine rings is 1. The van der Waals surface area contributed by atoms with E-state index in [1.807, 2.05) is 48.5 Å². The third-order valence-electron chi connectivity index (χ3n) is 7.94. The van der Waals surface area contributed by atoms with Crippen LogP contribution in [0.5, 0.6) is 5.75 Å². The van der Waals surface area contributed by atoms with Gasteiger partial charge in [-0.25, -0.2) is 0 Å². The molecule has 0 aliphatic carbocycles. The average molecular weight is 623 g/mol. The van der Waals surface area contributed by atoms with Crippen LogP contribution in [0.15, 0.2) is 103 Å². The zero-order valence-corrected chi connectivity index (χ0v) is 25.4. The van der Waals surface area contributed by atoms with Crippen LogP contribution in [-0.4, -0.2) is 55.8 Å². The Morgan fingerprint density at radius 2 is 1.45 bits per heavy atom. The molecule has 0 radical (unpaired) electrons. The highest BCUT2D eigenvalue weighted by atomic mass is 35.5. The lowest BCUT2D eigenvalue weighted by Gasteiger charge is -2.29. The van der Waals surface area contributed by atoms with Crippen LogP contribution in [0.25, 0.3) is 0 Å². The van der Waals surface area contributed by atoms with Gasteiger partial charge in [0.15, 0.2) is 0 Å². The van der Waals surface area contributed by atoms with Crippen LogP contribution in [0.4, 0.5) is 13.2 Å². The maximum absolute atomic E-state index is 13.6. The van der Waals surface area contributed by atoms with Crippen LogP contribution in [0.3, 0.4) is 0 Å². The second kappa shape index (κ2) is 15.6. The van der Waals surface area contributed by atoms with Gasteiger partial charge in [-0.2, -0.15) is 13.2 Å². The van der Waals surface area contributed by atoms with Crippen molar-refractivity contribution in [1.82, 2.24) is 9.80 Å². The highest BCUT2D eigenvalue weighted by Crippen LogP contribution is 2.37. The van der Waals surface area contributed by atoms with Gasteiger partial charge < -0.3 is 9.47 Å². The quantitative estimate of drug-likeness (QED) is 0.140. The number of nitrogens with zero attached hydrogens (tertiary/aromatic N) is 2. The Hall–Kier alpha value is -3.36. The van der Waals surface area contributed by atoms with E-state index in [1.54, 1.807) is 6.07 Å². The third-order valence-corrected chi connectivity index (χ3v) is 8.39. The SMILES string of the molecule is FC(F)(F)c1cccc(CN(CCCOc2ccc(CN3CCOCC3)cc2)CC(c2ccccc2)c2ccccc2)c1Cl. The first-order chi connectivity index (χ1) is 21.4. The van der Waals surface area contributed by atoms with Gasteiger partial charge >= 0.3 is 6.18 Å². The van der Waals surface area contributed by atoms with E-state index in [4.69, 9.17) is 21.1 Å². The Balaban J connectivity index is 1.28. The van der Waals surface area contributed by atoms with Gasteiger partial charge in [-0.05, 0) is 46.9 Å². The lowest BCUT2D eigenvalue weighted by atomic mass is 9.90. The first kappa shape index (κ1) is 32.0. The molecule has 0 unspecified atom stereocenters. The molecule has 1 aliphatic rings. The standard InChI is InChI=1S/C36H38ClF3N2O2/c37-35-31(13-7-14-34(35)36(38,39)40)26-42(27-33(29-9-3-1-4-10-29)30-11-5-2-6-12-30)19-8-22-44-32-17-15-28(16-18-32)25-41-20-23-43-24-21-41/h1-7,9-18,33H,8,19-27H2. The van der Waals surface area contributed by atoms with Gasteiger partial charge in [-0.1, -0.05) is 96.5 Å². The van der Waals surface area contributed by atoms with Crippen molar-refractivity contribution in [3.05, 3.63) is 136 Å². The molecule has 1 aliphatic heterocycles. The van der Waals surface area contributed by atoms with Crippen molar-refractivity contribution in [3.8, 4) is 5.75 Å². The molecule has 1 saturated heterocycles. The summed E-state index contributed by atoms with van der Waals surface area (Å²) in [4.78, 5) is 4.56. The molecule has 8 heteroatoms. The van der Waals surface area contributed by atoms with E-state index in [9.17, 15) is 13.2 Å². The molecule has 0 bridgehead atoms. The zero-order valence-electron chi connectivity index (χ0n) is 24.7. The highest BCUT2D eigenvalue weighted by Gasteiger charge is 2.34. The second-order valence-electron chi connectivity index (χ2n) is 11.1. The van der Waals surface area contributed by atoms with Gasteiger partial charge in [-0.15, -0.1) is 0 Å². The minimum Gasteiger partial charge on any atom is -0.494 e.